The van der Waals surface area contributed by atoms with Crippen LogP contribution in [0.3, 0.4) is 0 Å². The maximum Gasteiger partial charge on any atom is 0.329 e. The molecular formula is C9H7BrN2O4S. The zero-order valence-electron chi connectivity index (χ0n) is 8.42. The monoisotopic (exact) mass is 318 g/mol. The normalized spacial score (nSPS) is 10.6. The van der Waals surface area contributed by atoms with Crippen LogP contribution in [-0.4, -0.2) is 27.8 Å². The lowest BCUT2D eigenvalue weighted by atomic mass is 10.4. The predicted octanol–water partition coefficient (Wildman–Crippen LogP) is 2.16. The zero-order chi connectivity index (χ0) is 12.3. The molecule has 0 saturated carbocycles. The Morgan fingerprint density at radius 2 is 2.47 bits per heavy atom. The molecule has 0 spiro atoms. The lowest BCUT2D eigenvalue weighted by Gasteiger charge is -1.93. The standard InChI is InChI=1S/C9H7BrN2O4S/c10-5-1-6(17-4-5)9-11-7(16-12-9)2-15-3-8(13)14/h1,4H,2-3H2,(H,13,14). The fraction of sp³-hybridized carbons (Fsp3) is 0.222. The molecule has 0 atom stereocenters. The summed E-state index contributed by atoms with van der Waals surface area (Å²) in [4.78, 5) is 15.2. The quantitative estimate of drug-likeness (QED) is 0.909. The number of thiophene rings is 1. The van der Waals surface area contributed by atoms with Crippen LogP contribution in [0.15, 0.2) is 20.4 Å². The smallest absolute Gasteiger partial charge is 0.329 e. The SMILES string of the molecule is O=C(O)COCc1nc(-c2cc(Br)cs2)no1. The van der Waals surface area contributed by atoms with Gasteiger partial charge in [0, 0.05) is 9.85 Å². The summed E-state index contributed by atoms with van der Waals surface area (Å²) in [5.74, 6) is -0.313. The van der Waals surface area contributed by atoms with Crippen molar-refractivity contribution in [3.63, 3.8) is 0 Å². The summed E-state index contributed by atoms with van der Waals surface area (Å²) in [5.41, 5.74) is 0. The summed E-state index contributed by atoms with van der Waals surface area (Å²) in [5, 5.41) is 14.1. The van der Waals surface area contributed by atoms with Gasteiger partial charge in [0.25, 0.3) is 5.89 Å². The first-order valence-corrected chi connectivity index (χ1v) is 6.19. The largest absolute Gasteiger partial charge is 0.480 e. The van der Waals surface area contributed by atoms with Gasteiger partial charge in [0.15, 0.2) is 0 Å². The molecule has 0 radical (unpaired) electrons. The van der Waals surface area contributed by atoms with E-state index in [0.29, 0.717) is 5.82 Å². The molecule has 0 aliphatic heterocycles. The zero-order valence-corrected chi connectivity index (χ0v) is 10.8. The van der Waals surface area contributed by atoms with Crippen molar-refractivity contribution >= 4 is 33.2 Å². The van der Waals surface area contributed by atoms with Crippen molar-refractivity contribution < 1.29 is 19.2 Å². The van der Waals surface area contributed by atoms with Crippen molar-refractivity contribution in [3.05, 3.63) is 21.8 Å². The first-order valence-electron chi connectivity index (χ1n) is 4.51. The lowest BCUT2D eigenvalue weighted by molar-refractivity contribution is -0.142. The highest BCUT2D eigenvalue weighted by atomic mass is 79.9. The summed E-state index contributed by atoms with van der Waals surface area (Å²) < 4.78 is 10.7. The number of carboxylic acids is 1. The van der Waals surface area contributed by atoms with Crippen molar-refractivity contribution in [2.45, 2.75) is 6.61 Å². The average molecular weight is 319 g/mol. The molecule has 1 N–H and O–H groups in total. The second-order valence-corrected chi connectivity index (χ2v) is 4.85. The second-order valence-electron chi connectivity index (χ2n) is 3.03. The van der Waals surface area contributed by atoms with E-state index in [9.17, 15) is 4.79 Å². The van der Waals surface area contributed by atoms with Crippen molar-refractivity contribution in [2.75, 3.05) is 6.61 Å². The van der Waals surface area contributed by atoms with Crippen LogP contribution in [-0.2, 0) is 16.1 Å². The third kappa shape index (κ3) is 3.35. The number of aromatic nitrogens is 2. The third-order valence-electron chi connectivity index (χ3n) is 1.71. The maximum atomic E-state index is 10.2. The fourth-order valence-electron chi connectivity index (χ4n) is 1.07. The Bertz CT molecular complexity index is 525. The molecule has 0 aliphatic rings. The van der Waals surface area contributed by atoms with Crippen molar-refractivity contribution in [3.8, 4) is 10.7 Å². The van der Waals surface area contributed by atoms with E-state index < -0.39 is 5.97 Å². The van der Waals surface area contributed by atoms with Crippen molar-refractivity contribution in [1.82, 2.24) is 10.1 Å². The van der Waals surface area contributed by atoms with Gasteiger partial charge in [0.1, 0.15) is 13.2 Å². The van der Waals surface area contributed by atoms with E-state index in [2.05, 4.69) is 26.1 Å². The van der Waals surface area contributed by atoms with Crippen LogP contribution in [0.2, 0.25) is 0 Å². The van der Waals surface area contributed by atoms with E-state index in [1.165, 1.54) is 11.3 Å². The van der Waals surface area contributed by atoms with Gasteiger partial charge in [0.05, 0.1) is 4.88 Å². The summed E-state index contributed by atoms with van der Waals surface area (Å²) in [6.07, 6.45) is 0. The van der Waals surface area contributed by atoms with E-state index in [1.807, 2.05) is 11.4 Å². The van der Waals surface area contributed by atoms with E-state index in [-0.39, 0.29) is 19.1 Å². The van der Waals surface area contributed by atoms with Crippen LogP contribution in [0.4, 0.5) is 0 Å². The Labute approximate surface area is 108 Å². The summed E-state index contributed by atoms with van der Waals surface area (Å²) in [6, 6.07) is 1.87. The molecular weight excluding hydrogens is 312 g/mol. The Hall–Kier alpha value is -1.25. The molecule has 2 aromatic heterocycles. The van der Waals surface area contributed by atoms with Crippen LogP contribution >= 0.6 is 27.3 Å². The lowest BCUT2D eigenvalue weighted by Crippen LogP contribution is -2.06. The maximum absolute atomic E-state index is 10.2. The van der Waals surface area contributed by atoms with Crippen molar-refractivity contribution in [1.29, 1.82) is 0 Å². The van der Waals surface area contributed by atoms with Gasteiger partial charge in [-0.05, 0) is 22.0 Å². The average Bonchev–Trinajstić information content (AvgIpc) is 2.86. The molecule has 90 valence electrons. The minimum Gasteiger partial charge on any atom is -0.480 e. The second kappa shape index (κ2) is 5.39. The van der Waals surface area contributed by atoms with Gasteiger partial charge in [-0.2, -0.15) is 4.98 Å². The highest BCUT2D eigenvalue weighted by Gasteiger charge is 2.11. The summed E-state index contributed by atoms with van der Waals surface area (Å²) >= 11 is 4.81. The minimum absolute atomic E-state index is 0.00809. The Kier molecular flexibility index (Phi) is 3.87. The van der Waals surface area contributed by atoms with E-state index in [4.69, 9.17) is 14.4 Å². The number of carbonyl (C=O) groups is 1. The highest BCUT2D eigenvalue weighted by Crippen LogP contribution is 2.27. The van der Waals surface area contributed by atoms with Crippen LogP contribution in [0.1, 0.15) is 5.89 Å². The number of hydrogen-bond donors (Lipinski definition) is 1. The third-order valence-corrected chi connectivity index (χ3v) is 3.39. The molecule has 0 saturated heterocycles. The molecule has 0 amide bonds. The van der Waals surface area contributed by atoms with Gasteiger partial charge >= 0.3 is 5.97 Å². The first kappa shape index (κ1) is 12.2. The number of hydrogen-bond acceptors (Lipinski definition) is 6. The van der Waals surface area contributed by atoms with Gasteiger partial charge in [-0.15, -0.1) is 11.3 Å². The van der Waals surface area contributed by atoms with E-state index in [0.717, 1.165) is 9.35 Å². The summed E-state index contributed by atoms with van der Waals surface area (Å²) in [7, 11) is 0. The molecule has 0 unspecified atom stereocenters. The Morgan fingerprint density at radius 3 is 3.12 bits per heavy atom. The number of halogens is 1. The van der Waals surface area contributed by atoms with Gasteiger partial charge in [-0.3, -0.25) is 0 Å². The summed E-state index contributed by atoms with van der Waals surface area (Å²) in [6.45, 7) is -0.395. The first-order chi connectivity index (χ1) is 8.15. The fourth-order valence-corrected chi connectivity index (χ4v) is 2.42. The number of nitrogens with zero attached hydrogens (tertiary/aromatic N) is 2. The molecule has 0 aromatic carbocycles. The number of ether oxygens (including phenoxy) is 1. The molecule has 0 bridgehead atoms. The molecule has 0 aliphatic carbocycles. The Morgan fingerprint density at radius 1 is 1.65 bits per heavy atom. The number of rotatable bonds is 5. The molecule has 0 fully saturated rings. The minimum atomic E-state index is -1.04. The van der Waals surface area contributed by atoms with Crippen LogP contribution in [0, 0.1) is 0 Å². The molecule has 17 heavy (non-hydrogen) atoms. The van der Waals surface area contributed by atoms with Crippen LogP contribution in [0.5, 0.6) is 0 Å². The van der Waals surface area contributed by atoms with Gasteiger partial charge in [0.2, 0.25) is 5.82 Å². The van der Waals surface area contributed by atoms with Crippen LogP contribution < -0.4 is 0 Å². The van der Waals surface area contributed by atoms with Gasteiger partial charge in [-0.25, -0.2) is 4.79 Å². The Balaban J connectivity index is 1.98. The number of carboxylic acid groups (broad SMARTS) is 1. The highest BCUT2D eigenvalue weighted by molar-refractivity contribution is 9.10. The predicted molar refractivity (Wildman–Crippen MR) is 62.6 cm³/mol. The topological polar surface area (TPSA) is 85.5 Å². The van der Waals surface area contributed by atoms with Gasteiger partial charge < -0.3 is 14.4 Å². The van der Waals surface area contributed by atoms with Crippen LogP contribution in [0.25, 0.3) is 10.7 Å². The molecule has 2 rings (SSSR count). The molecule has 2 heterocycles. The molecule has 2 aromatic rings. The van der Waals surface area contributed by atoms with E-state index >= 15 is 0 Å². The van der Waals surface area contributed by atoms with Gasteiger partial charge in [-0.1, -0.05) is 5.16 Å². The molecule has 8 heteroatoms. The number of aliphatic carboxylic acids is 1. The van der Waals surface area contributed by atoms with E-state index in [1.54, 1.807) is 0 Å². The van der Waals surface area contributed by atoms with Crippen molar-refractivity contribution in [2.24, 2.45) is 0 Å². The molecule has 6 nitrogen and oxygen atoms in total.